The zero-order valence-electron chi connectivity index (χ0n) is 10.2. The maximum Gasteiger partial charge on any atom is 0.188 e. The van der Waals surface area contributed by atoms with Crippen LogP contribution in [0.2, 0.25) is 0 Å². The second-order valence-electron chi connectivity index (χ2n) is 4.20. The Bertz CT molecular complexity index is 577. The van der Waals surface area contributed by atoms with E-state index in [0.717, 1.165) is 16.5 Å². The summed E-state index contributed by atoms with van der Waals surface area (Å²) in [5, 5.41) is 3.52. The van der Waals surface area contributed by atoms with Gasteiger partial charge in [0.15, 0.2) is 16.0 Å². The van der Waals surface area contributed by atoms with Crippen LogP contribution in [0.25, 0.3) is 10.8 Å². The number of rotatable bonds is 4. The summed E-state index contributed by atoms with van der Waals surface area (Å²) >= 11 is 3.09. The van der Waals surface area contributed by atoms with Crippen molar-refractivity contribution in [2.45, 2.75) is 24.6 Å². The van der Waals surface area contributed by atoms with E-state index in [2.05, 4.69) is 19.9 Å². The second-order valence-corrected chi connectivity index (χ2v) is 6.06. The summed E-state index contributed by atoms with van der Waals surface area (Å²) in [7, 11) is 0. The predicted octanol–water partition coefficient (Wildman–Crippen LogP) is 2.31. The quantitative estimate of drug-likeness (QED) is 0.691. The fourth-order valence-corrected chi connectivity index (χ4v) is 2.99. The molecule has 5 nitrogen and oxygen atoms in total. The molecule has 0 bridgehead atoms. The molecule has 2 heterocycles. The highest BCUT2D eigenvalue weighted by Gasteiger charge is 2.20. The third-order valence-electron chi connectivity index (χ3n) is 2.53. The fourth-order valence-electron chi connectivity index (χ4n) is 1.45. The van der Waals surface area contributed by atoms with Gasteiger partial charge in [-0.05, 0) is 18.9 Å². The number of thioether (sulfide) groups is 1. The highest BCUT2D eigenvalue weighted by atomic mass is 32.2. The lowest BCUT2D eigenvalue weighted by Gasteiger charge is -1.97. The minimum absolute atomic E-state index is 0.469. The van der Waals surface area contributed by atoms with Crippen molar-refractivity contribution in [3.63, 3.8) is 0 Å². The van der Waals surface area contributed by atoms with Gasteiger partial charge in [0.2, 0.25) is 0 Å². The maximum atomic E-state index is 5.84. The standard InChI is InChI=1S/C12H13N5S2/c13-12(17-8-2-3-8)19-7-9-6-18-11(16-9)10-14-4-1-5-15-10/h1,4-6,8H,2-3,7H2,(H2,13,17). The lowest BCUT2D eigenvalue weighted by Crippen LogP contribution is -2.08. The Morgan fingerprint density at radius 3 is 2.95 bits per heavy atom. The number of nitrogens with zero attached hydrogens (tertiary/aromatic N) is 4. The molecule has 1 aliphatic carbocycles. The van der Waals surface area contributed by atoms with Crippen LogP contribution in [0.4, 0.5) is 0 Å². The summed E-state index contributed by atoms with van der Waals surface area (Å²) in [6.07, 6.45) is 5.79. The number of aromatic nitrogens is 3. The molecule has 0 radical (unpaired) electrons. The molecule has 2 N–H and O–H groups in total. The predicted molar refractivity (Wildman–Crippen MR) is 79.1 cm³/mol. The van der Waals surface area contributed by atoms with Crippen LogP contribution in [0.3, 0.4) is 0 Å². The van der Waals surface area contributed by atoms with Crippen molar-refractivity contribution in [2.75, 3.05) is 0 Å². The molecule has 0 aliphatic heterocycles. The minimum atomic E-state index is 0.469. The SMILES string of the molecule is NC(=NC1CC1)SCc1csc(-c2ncccn2)n1. The minimum Gasteiger partial charge on any atom is -0.379 e. The van der Waals surface area contributed by atoms with Crippen LogP contribution in [-0.2, 0) is 5.75 Å². The van der Waals surface area contributed by atoms with Crippen molar-refractivity contribution >= 4 is 28.3 Å². The third-order valence-corrected chi connectivity index (χ3v) is 4.26. The van der Waals surface area contributed by atoms with Crippen LogP contribution >= 0.6 is 23.1 Å². The van der Waals surface area contributed by atoms with E-state index in [1.165, 1.54) is 24.6 Å². The molecule has 2 aromatic heterocycles. The van der Waals surface area contributed by atoms with E-state index in [4.69, 9.17) is 5.73 Å². The molecule has 98 valence electrons. The molecule has 1 saturated carbocycles. The van der Waals surface area contributed by atoms with Crippen molar-refractivity contribution in [1.82, 2.24) is 15.0 Å². The fraction of sp³-hybridized carbons (Fsp3) is 0.333. The maximum absolute atomic E-state index is 5.84. The highest BCUT2D eigenvalue weighted by Crippen LogP contribution is 2.26. The monoisotopic (exact) mass is 291 g/mol. The van der Waals surface area contributed by atoms with Crippen LogP contribution in [-0.4, -0.2) is 26.2 Å². The molecule has 0 unspecified atom stereocenters. The van der Waals surface area contributed by atoms with Gasteiger partial charge in [-0.15, -0.1) is 11.3 Å². The first-order chi connectivity index (χ1) is 9.31. The van der Waals surface area contributed by atoms with E-state index in [1.54, 1.807) is 29.8 Å². The van der Waals surface area contributed by atoms with Gasteiger partial charge in [-0.2, -0.15) is 0 Å². The Morgan fingerprint density at radius 1 is 1.42 bits per heavy atom. The number of nitrogens with two attached hydrogens (primary N) is 1. The molecule has 0 aromatic carbocycles. The number of hydrogen-bond donors (Lipinski definition) is 1. The molecule has 0 saturated heterocycles. The molecular weight excluding hydrogens is 278 g/mol. The third kappa shape index (κ3) is 3.51. The van der Waals surface area contributed by atoms with Crippen molar-refractivity contribution in [3.05, 3.63) is 29.5 Å². The van der Waals surface area contributed by atoms with E-state index < -0.39 is 0 Å². The molecule has 19 heavy (non-hydrogen) atoms. The summed E-state index contributed by atoms with van der Waals surface area (Å²) < 4.78 is 0. The number of thiazole rings is 1. The average molecular weight is 291 g/mol. The lowest BCUT2D eigenvalue weighted by molar-refractivity contribution is 1.07. The zero-order valence-corrected chi connectivity index (χ0v) is 11.8. The van der Waals surface area contributed by atoms with Crippen molar-refractivity contribution in [3.8, 4) is 10.8 Å². The summed E-state index contributed by atoms with van der Waals surface area (Å²) in [6.45, 7) is 0. The van der Waals surface area contributed by atoms with Crippen LogP contribution in [0.1, 0.15) is 18.5 Å². The highest BCUT2D eigenvalue weighted by molar-refractivity contribution is 8.13. The lowest BCUT2D eigenvalue weighted by atomic mass is 10.5. The van der Waals surface area contributed by atoms with Gasteiger partial charge in [0.25, 0.3) is 0 Å². The largest absolute Gasteiger partial charge is 0.379 e. The number of aliphatic imine (C=N–C) groups is 1. The Kier molecular flexibility index (Phi) is 3.74. The van der Waals surface area contributed by atoms with E-state index in [-0.39, 0.29) is 0 Å². The Balaban J connectivity index is 1.62. The summed E-state index contributed by atoms with van der Waals surface area (Å²) in [5.74, 6) is 1.41. The topological polar surface area (TPSA) is 77.0 Å². The Morgan fingerprint density at radius 2 is 2.21 bits per heavy atom. The molecule has 0 amide bonds. The van der Waals surface area contributed by atoms with E-state index in [1.807, 2.05) is 5.38 Å². The van der Waals surface area contributed by atoms with Crippen molar-refractivity contribution in [2.24, 2.45) is 10.7 Å². The summed E-state index contributed by atoms with van der Waals surface area (Å²) in [4.78, 5) is 17.3. The molecule has 7 heteroatoms. The Hall–Kier alpha value is -1.47. The second kappa shape index (κ2) is 5.66. The van der Waals surface area contributed by atoms with Gasteiger partial charge in [0.05, 0.1) is 11.7 Å². The Labute approximate surface area is 119 Å². The normalized spacial score (nSPS) is 15.7. The first kappa shape index (κ1) is 12.6. The first-order valence-corrected chi connectivity index (χ1v) is 7.85. The van der Waals surface area contributed by atoms with Gasteiger partial charge in [-0.3, -0.25) is 4.99 Å². The first-order valence-electron chi connectivity index (χ1n) is 5.99. The number of hydrogen-bond acceptors (Lipinski definition) is 6. The summed E-state index contributed by atoms with van der Waals surface area (Å²) in [5.41, 5.74) is 6.84. The molecular formula is C12H13N5S2. The van der Waals surface area contributed by atoms with Crippen LogP contribution in [0.15, 0.2) is 28.8 Å². The average Bonchev–Trinajstić information content (AvgIpc) is 3.12. The summed E-state index contributed by atoms with van der Waals surface area (Å²) in [6, 6.07) is 2.26. The van der Waals surface area contributed by atoms with Gasteiger partial charge in [0, 0.05) is 23.5 Å². The van der Waals surface area contributed by atoms with Gasteiger partial charge in [-0.25, -0.2) is 15.0 Å². The smallest absolute Gasteiger partial charge is 0.188 e. The molecule has 3 rings (SSSR count). The molecule has 1 fully saturated rings. The zero-order chi connectivity index (χ0) is 13.1. The van der Waals surface area contributed by atoms with E-state index in [9.17, 15) is 0 Å². The molecule has 0 spiro atoms. The van der Waals surface area contributed by atoms with Crippen molar-refractivity contribution in [1.29, 1.82) is 0 Å². The molecule has 0 atom stereocenters. The van der Waals surface area contributed by atoms with Crippen molar-refractivity contribution < 1.29 is 0 Å². The van der Waals surface area contributed by atoms with Gasteiger partial charge in [0.1, 0.15) is 0 Å². The molecule has 1 aliphatic rings. The van der Waals surface area contributed by atoms with Gasteiger partial charge < -0.3 is 5.73 Å². The van der Waals surface area contributed by atoms with Crippen LogP contribution < -0.4 is 5.73 Å². The van der Waals surface area contributed by atoms with E-state index in [0.29, 0.717) is 17.0 Å². The van der Waals surface area contributed by atoms with Gasteiger partial charge in [-0.1, -0.05) is 11.8 Å². The van der Waals surface area contributed by atoms with E-state index >= 15 is 0 Å². The van der Waals surface area contributed by atoms with Crippen LogP contribution in [0, 0.1) is 0 Å². The molecule has 2 aromatic rings. The van der Waals surface area contributed by atoms with Gasteiger partial charge >= 0.3 is 0 Å². The number of amidine groups is 1. The van der Waals surface area contributed by atoms with Crippen LogP contribution in [0.5, 0.6) is 0 Å².